The topological polar surface area (TPSA) is 0 Å². The smallest absolute Gasteiger partial charge is 0.0194 e. The van der Waals surface area contributed by atoms with Crippen LogP contribution in [-0.2, 0) is 0 Å². The number of rotatable bonds is 0. The molecule has 0 spiro atoms. The first-order valence-electron chi connectivity index (χ1n) is 10.6. The van der Waals surface area contributed by atoms with Gasteiger partial charge in [-0.2, -0.15) is 0 Å². The number of hydrogen-bond donors (Lipinski definition) is 0. The van der Waals surface area contributed by atoms with Crippen LogP contribution in [0.25, 0.3) is 0 Å². The van der Waals surface area contributed by atoms with Gasteiger partial charge >= 0.3 is 0 Å². The highest BCUT2D eigenvalue weighted by molar-refractivity contribution is 5.21. The van der Waals surface area contributed by atoms with Crippen LogP contribution in [0.3, 0.4) is 0 Å². The van der Waals surface area contributed by atoms with E-state index in [4.69, 9.17) is 0 Å². The van der Waals surface area contributed by atoms with Crippen molar-refractivity contribution in [2.75, 3.05) is 0 Å². The monoisotopic (exact) mass is 302 g/mol. The molecule has 0 amide bonds. The zero-order valence-electron chi connectivity index (χ0n) is 15.4. The minimum Gasteiger partial charge on any atom is -0.0848 e. The van der Waals surface area contributed by atoms with Gasteiger partial charge in [-0.3, -0.25) is 0 Å². The lowest BCUT2D eigenvalue weighted by atomic mass is 9.62. The average Bonchev–Trinajstić information content (AvgIpc) is 3.28. The first-order valence-corrected chi connectivity index (χ1v) is 10.6. The standard InChI is InChI=1S/C18H26.2C2H6/c1-2-4-6-14-13(5-3-1)15-10-16(14)18-12-8-7-11(9-12)17(15)18;2*1-2/h7-8,11-18H,1-6,9-10H2;2*1-2H3. The molecule has 126 valence electrons. The molecule has 0 N–H and O–H groups in total. The van der Waals surface area contributed by atoms with Crippen molar-refractivity contribution in [3.8, 4) is 0 Å². The predicted molar refractivity (Wildman–Crippen MR) is 96.7 cm³/mol. The maximum atomic E-state index is 2.60. The third-order valence-electron chi connectivity index (χ3n) is 7.59. The summed E-state index contributed by atoms with van der Waals surface area (Å²) in [4.78, 5) is 0. The van der Waals surface area contributed by atoms with Crippen LogP contribution in [0.15, 0.2) is 12.2 Å². The van der Waals surface area contributed by atoms with Crippen molar-refractivity contribution in [3.05, 3.63) is 12.2 Å². The van der Waals surface area contributed by atoms with Crippen molar-refractivity contribution in [3.63, 3.8) is 0 Å². The molecule has 0 aliphatic heterocycles. The molecule has 5 rings (SSSR count). The fraction of sp³-hybridized carbons (Fsp3) is 0.909. The van der Waals surface area contributed by atoms with Crippen LogP contribution in [0.2, 0.25) is 0 Å². The second kappa shape index (κ2) is 7.10. The summed E-state index contributed by atoms with van der Waals surface area (Å²) in [5, 5.41) is 0. The number of hydrogen-bond acceptors (Lipinski definition) is 0. The Bertz CT molecular complexity index is 347. The van der Waals surface area contributed by atoms with Crippen LogP contribution in [-0.4, -0.2) is 0 Å². The number of fused-ring (bicyclic) bond motifs is 12. The zero-order chi connectivity index (χ0) is 15.7. The Balaban J connectivity index is 0.000000336. The maximum Gasteiger partial charge on any atom is -0.0194 e. The highest BCUT2D eigenvalue weighted by atomic mass is 14.7. The minimum atomic E-state index is 1.02. The van der Waals surface area contributed by atoms with E-state index in [-0.39, 0.29) is 0 Å². The molecule has 8 unspecified atom stereocenters. The molecule has 0 radical (unpaired) electrons. The lowest BCUT2D eigenvalue weighted by Crippen LogP contribution is -2.37. The molecule has 4 bridgehead atoms. The first-order chi connectivity index (χ1) is 10.9. The molecular weight excluding hydrogens is 264 g/mol. The largest absolute Gasteiger partial charge is 0.0848 e. The van der Waals surface area contributed by atoms with E-state index in [2.05, 4.69) is 12.2 Å². The second-order valence-electron chi connectivity index (χ2n) is 7.99. The van der Waals surface area contributed by atoms with Crippen LogP contribution in [0, 0.1) is 47.3 Å². The number of allylic oxidation sites excluding steroid dienone is 2. The third-order valence-corrected chi connectivity index (χ3v) is 7.59. The molecular formula is C22H38. The van der Waals surface area contributed by atoms with E-state index in [9.17, 15) is 0 Å². The van der Waals surface area contributed by atoms with Gasteiger partial charge < -0.3 is 0 Å². The van der Waals surface area contributed by atoms with E-state index in [0.29, 0.717) is 0 Å². The van der Waals surface area contributed by atoms with Crippen molar-refractivity contribution in [1.82, 2.24) is 0 Å². The van der Waals surface area contributed by atoms with Gasteiger partial charge in [-0.25, -0.2) is 0 Å². The van der Waals surface area contributed by atoms with Crippen molar-refractivity contribution in [1.29, 1.82) is 0 Å². The summed E-state index contributed by atoms with van der Waals surface area (Å²) in [6, 6.07) is 0. The van der Waals surface area contributed by atoms with Gasteiger partial charge in [0.1, 0.15) is 0 Å². The van der Waals surface area contributed by atoms with E-state index in [1.54, 1.807) is 38.5 Å². The molecule has 0 saturated heterocycles. The quantitative estimate of drug-likeness (QED) is 0.344. The van der Waals surface area contributed by atoms with E-state index >= 15 is 0 Å². The van der Waals surface area contributed by atoms with Crippen molar-refractivity contribution >= 4 is 0 Å². The Morgan fingerprint density at radius 2 is 1.00 bits per heavy atom. The summed E-state index contributed by atoms with van der Waals surface area (Å²) in [6.07, 6.45) is 17.7. The lowest BCUT2D eigenvalue weighted by molar-refractivity contribution is 0.0694. The predicted octanol–water partition coefficient (Wildman–Crippen LogP) is 6.71. The lowest BCUT2D eigenvalue weighted by Gasteiger charge is -2.43. The third kappa shape index (κ3) is 2.40. The highest BCUT2D eigenvalue weighted by Crippen LogP contribution is 2.70. The van der Waals surface area contributed by atoms with Gasteiger partial charge in [0.05, 0.1) is 0 Å². The molecule has 5 aliphatic carbocycles. The van der Waals surface area contributed by atoms with Gasteiger partial charge in [0.15, 0.2) is 0 Å². The summed E-state index contributed by atoms with van der Waals surface area (Å²) in [5.41, 5.74) is 0. The fourth-order valence-electron chi connectivity index (χ4n) is 7.26. The van der Waals surface area contributed by atoms with Gasteiger partial charge in [0.25, 0.3) is 0 Å². The Labute approximate surface area is 139 Å². The van der Waals surface area contributed by atoms with Crippen molar-refractivity contribution < 1.29 is 0 Å². The van der Waals surface area contributed by atoms with Gasteiger partial charge in [-0.1, -0.05) is 65.5 Å². The summed E-state index contributed by atoms with van der Waals surface area (Å²) in [7, 11) is 0. The Morgan fingerprint density at radius 3 is 1.45 bits per heavy atom. The van der Waals surface area contributed by atoms with Crippen LogP contribution >= 0.6 is 0 Å². The Kier molecular flexibility index (Phi) is 5.35. The minimum absolute atomic E-state index is 1.02. The van der Waals surface area contributed by atoms with Gasteiger partial charge in [-0.15, -0.1) is 0 Å². The average molecular weight is 303 g/mol. The van der Waals surface area contributed by atoms with Crippen molar-refractivity contribution in [2.24, 2.45) is 47.3 Å². The molecule has 0 heterocycles. The van der Waals surface area contributed by atoms with Crippen molar-refractivity contribution in [2.45, 2.75) is 79.1 Å². The van der Waals surface area contributed by atoms with E-state index in [1.165, 1.54) is 12.8 Å². The second-order valence-corrected chi connectivity index (χ2v) is 7.99. The summed E-state index contributed by atoms with van der Waals surface area (Å²) in [5.74, 6) is 8.94. The summed E-state index contributed by atoms with van der Waals surface area (Å²) < 4.78 is 0. The van der Waals surface area contributed by atoms with Gasteiger partial charge in [0, 0.05) is 0 Å². The van der Waals surface area contributed by atoms with Crippen LogP contribution < -0.4 is 0 Å². The van der Waals surface area contributed by atoms with Gasteiger partial charge in [0.2, 0.25) is 0 Å². The Morgan fingerprint density at radius 1 is 0.545 bits per heavy atom. The van der Waals surface area contributed by atoms with E-state index in [1.807, 2.05) is 27.7 Å². The molecule has 22 heavy (non-hydrogen) atoms. The normalized spacial score (nSPS) is 50.0. The first kappa shape index (κ1) is 16.6. The molecule has 0 heteroatoms. The van der Waals surface area contributed by atoms with E-state index in [0.717, 1.165) is 47.3 Å². The Hall–Kier alpha value is -0.260. The molecule has 4 saturated carbocycles. The highest BCUT2D eigenvalue weighted by Gasteiger charge is 2.63. The maximum absolute atomic E-state index is 2.60. The molecule has 0 aromatic rings. The van der Waals surface area contributed by atoms with Crippen LogP contribution in [0.5, 0.6) is 0 Å². The molecule has 5 aliphatic rings. The SMILES string of the molecule is C1=CC2CC1C1C3CC(C4CCCCCCC43)C21.CC.CC. The molecule has 0 aromatic carbocycles. The fourth-order valence-corrected chi connectivity index (χ4v) is 7.26. The molecule has 0 nitrogen and oxygen atoms in total. The van der Waals surface area contributed by atoms with Crippen LogP contribution in [0.1, 0.15) is 79.1 Å². The summed E-state index contributed by atoms with van der Waals surface area (Å²) in [6.45, 7) is 8.00. The van der Waals surface area contributed by atoms with Crippen LogP contribution in [0.4, 0.5) is 0 Å². The molecule has 4 fully saturated rings. The molecule has 8 atom stereocenters. The summed E-state index contributed by atoms with van der Waals surface area (Å²) >= 11 is 0. The van der Waals surface area contributed by atoms with Gasteiger partial charge in [-0.05, 0) is 73.0 Å². The molecule has 0 aromatic heterocycles. The van der Waals surface area contributed by atoms with E-state index < -0.39 is 0 Å². The zero-order valence-corrected chi connectivity index (χ0v) is 15.4.